The normalized spacial score (nSPS) is 12.7. The smallest absolute Gasteiger partial charge is 0.158 e. The van der Waals surface area contributed by atoms with Crippen LogP contribution in [0.5, 0.6) is 0 Å². The van der Waals surface area contributed by atoms with E-state index in [2.05, 4.69) is 18.8 Å². The second kappa shape index (κ2) is 4.57. The van der Waals surface area contributed by atoms with Crippen LogP contribution in [0.1, 0.15) is 45.3 Å². The molecule has 0 aliphatic carbocycles. The van der Waals surface area contributed by atoms with Gasteiger partial charge in [-0.05, 0) is 34.6 Å². The maximum atomic E-state index is 11.7. The van der Waals surface area contributed by atoms with Gasteiger partial charge < -0.3 is 4.57 Å². The summed E-state index contributed by atoms with van der Waals surface area (Å²) >= 11 is 0. The van der Waals surface area contributed by atoms with Gasteiger partial charge in [0.2, 0.25) is 0 Å². The van der Waals surface area contributed by atoms with Crippen molar-refractivity contribution in [2.75, 3.05) is 0 Å². The molecule has 0 saturated carbocycles. The number of hydrogen-bond acceptors (Lipinski definition) is 3. The Balaban J connectivity index is 2.96. The zero-order chi connectivity index (χ0) is 12.5. The molecule has 0 spiro atoms. The van der Waals surface area contributed by atoms with Gasteiger partial charge in [0.1, 0.15) is 5.82 Å². The molecule has 0 saturated heterocycles. The van der Waals surface area contributed by atoms with Crippen molar-refractivity contribution in [2.45, 2.75) is 51.7 Å². The van der Waals surface area contributed by atoms with Gasteiger partial charge in [-0.1, -0.05) is 0 Å². The molecular weight excluding hydrogens is 224 g/mol. The van der Waals surface area contributed by atoms with Crippen LogP contribution in [-0.4, -0.2) is 23.2 Å². The first-order valence-electron chi connectivity index (χ1n) is 5.50. The third kappa shape index (κ3) is 2.84. The predicted molar refractivity (Wildman–Crippen MR) is 65.1 cm³/mol. The molecule has 0 unspecified atom stereocenters. The van der Waals surface area contributed by atoms with Gasteiger partial charge in [-0.25, -0.2) is 13.4 Å². The lowest BCUT2D eigenvalue weighted by molar-refractivity contribution is 0.581. The highest BCUT2D eigenvalue weighted by Crippen LogP contribution is 2.14. The van der Waals surface area contributed by atoms with Crippen LogP contribution in [-0.2, 0) is 15.6 Å². The van der Waals surface area contributed by atoms with Gasteiger partial charge >= 0.3 is 0 Å². The van der Waals surface area contributed by atoms with Gasteiger partial charge in [0.05, 0.1) is 16.7 Å². The summed E-state index contributed by atoms with van der Waals surface area (Å²) in [6, 6.07) is 0.308. The molecule has 0 amide bonds. The van der Waals surface area contributed by atoms with Gasteiger partial charge in [-0.15, -0.1) is 0 Å². The summed E-state index contributed by atoms with van der Waals surface area (Å²) in [6.07, 6.45) is 1.83. The Morgan fingerprint density at radius 1 is 1.31 bits per heavy atom. The van der Waals surface area contributed by atoms with Crippen LogP contribution in [0, 0.1) is 6.92 Å². The minimum atomic E-state index is -3.06. The third-order valence-corrected chi connectivity index (χ3v) is 4.73. The Kier molecular flexibility index (Phi) is 3.78. The average molecular weight is 244 g/mol. The summed E-state index contributed by atoms with van der Waals surface area (Å²) in [4.78, 5) is 4.28. The summed E-state index contributed by atoms with van der Waals surface area (Å²) in [5.74, 6) is 0.898. The van der Waals surface area contributed by atoms with Crippen LogP contribution in [0.2, 0.25) is 0 Å². The van der Waals surface area contributed by atoms with E-state index in [0.717, 1.165) is 5.82 Å². The monoisotopic (exact) mass is 244 g/mol. The van der Waals surface area contributed by atoms with E-state index in [9.17, 15) is 8.42 Å². The van der Waals surface area contributed by atoms with Crippen LogP contribution in [0.4, 0.5) is 0 Å². The Morgan fingerprint density at radius 3 is 2.25 bits per heavy atom. The molecule has 92 valence electrons. The van der Waals surface area contributed by atoms with E-state index in [4.69, 9.17) is 0 Å². The van der Waals surface area contributed by atoms with Crippen molar-refractivity contribution in [3.05, 3.63) is 17.7 Å². The number of nitrogens with zero attached hydrogens (tertiary/aromatic N) is 2. The highest BCUT2D eigenvalue weighted by Gasteiger charge is 2.19. The van der Waals surface area contributed by atoms with Crippen molar-refractivity contribution in [1.82, 2.24) is 9.55 Å². The molecule has 0 N–H and O–H groups in total. The molecule has 4 nitrogen and oxygen atoms in total. The van der Waals surface area contributed by atoms with Gasteiger partial charge in [0.15, 0.2) is 9.84 Å². The van der Waals surface area contributed by atoms with Crippen LogP contribution in [0.25, 0.3) is 0 Å². The minimum Gasteiger partial charge on any atom is -0.332 e. The molecule has 1 heterocycles. The summed E-state index contributed by atoms with van der Waals surface area (Å²) in [6.45, 7) is 9.39. The van der Waals surface area contributed by atoms with Crippen molar-refractivity contribution < 1.29 is 8.42 Å². The molecule has 0 fully saturated rings. The fourth-order valence-corrected chi connectivity index (χ4v) is 2.40. The molecule has 16 heavy (non-hydrogen) atoms. The fraction of sp³-hybridized carbons (Fsp3) is 0.727. The van der Waals surface area contributed by atoms with E-state index in [1.54, 1.807) is 13.8 Å². The van der Waals surface area contributed by atoms with E-state index < -0.39 is 9.84 Å². The molecule has 0 radical (unpaired) electrons. The lowest BCUT2D eigenvalue weighted by atomic mass is 10.4. The molecule has 1 aromatic heterocycles. The third-order valence-electron chi connectivity index (χ3n) is 2.59. The number of rotatable bonds is 4. The standard InChI is InChI=1S/C11H20N2O2S/c1-8(2)13-6-11(12-10(13)5)7-16(14,15)9(3)4/h6,8-9H,7H2,1-5H3. The van der Waals surface area contributed by atoms with Crippen molar-refractivity contribution in [3.8, 4) is 0 Å². The molecule has 1 aromatic rings. The van der Waals surface area contributed by atoms with Crippen LogP contribution in [0.3, 0.4) is 0 Å². The van der Waals surface area contributed by atoms with Gasteiger partial charge in [-0.2, -0.15) is 0 Å². The van der Waals surface area contributed by atoms with Gasteiger partial charge in [0.25, 0.3) is 0 Å². The highest BCUT2D eigenvalue weighted by molar-refractivity contribution is 7.91. The van der Waals surface area contributed by atoms with Crippen molar-refractivity contribution in [2.24, 2.45) is 0 Å². The number of aryl methyl sites for hydroxylation is 1. The lowest BCUT2D eigenvalue weighted by Gasteiger charge is -2.07. The molecule has 0 aliphatic heterocycles. The lowest BCUT2D eigenvalue weighted by Crippen LogP contribution is -2.16. The molecule has 0 bridgehead atoms. The largest absolute Gasteiger partial charge is 0.332 e. The molecule has 0 aromatic carbocycles. The summed E-state index contributed by atoms with van der Waals surface area (Å²) < 4.78 is 25.5. The topological polar surface area (TPSA) is 52.0 Å². The molecule has 0 atom stereocenters. The summed E-state index contributed by atoms with van der Waals surface area (Å²) in [7, 11) is -3.06. The second-order valence-corrected chi connectivity index (χ2v) is 7.19. The number of hydrogen-bond donors (Lipinski definition) is 0. The van der Waals surface area contributed by atoms with Gasteiger partial charge in [0, 0.05) is 12.2 Å². The summed E-state index contributed by atoms with van der Waals surface area (Å²) in [5, 5.41) is -0.350. The molecule has 0 aliphatic rings. The Hall–Kier alpha value is -0.840. The van der Waals surface area contributed by atoms with Crippen LogP contribution in [0.15, 0.2) is 6.20 Å². The van der Waals surface area contributed by atoms with Crippen molar-refractivity contribution >= 4 is 9.84 Å². The Labute approximate surface area is 97.6 Å². The minimum absolute atomic E-state index is 0.0330. The first kappa shape index (κ1) is 13.2. The predicted octanol–water partition coefficient (Wildman–Crippen LogP) is 2.10. The molecule has 1 rings (SSSR count). The first-order chi connectivity index (χ1) is 7.24. The van der Waals surface area contributed by atoms with E-state index in [1.165, 1.54) is 0 Å². The maximum Gasteiger partial charge on any atom is 0.158 e. The Bertz CT molecular complexity index is 458. The van der Waals surface area contributed by atoms with Crippen molar-refractivity contribution in [1.29, 1.82) is 0 Å². The van der Waals surface area contributed by atoms with Crippen LogP contribution < -0.4 is 0 Å². The average Bonchev–Trinajstić information content (AvgIpc) is 2.45. The van der Waals surface area contributed by atoms with E-state index in [1.807, 2.05) is 17.7 Å². The Morgan fingerprint density at radius 2 is 1.88 bits per heavy atom. The van der Waals surface area contributed by atoms with Crippen LogP contribution >= 0.6 is 0 Å². The SMILES string of the molecule is Cc1nc(CS(=O)(=O)C(C)C)cn1C(C)C. The molecule has 5 heteroatoms. The second-order valence-electron chi connectivity index (χ2n) is 4.64. The zero-order valence-electron chi connectivity index (χ0n) is 10.6. The van der Waals surface area contributed by atoms with E-state index in [0.29, 0.717) is 11.7 Å². The first-order valence-corrected chi connectivity index (χ1v) is 7.21. The summed E-state index contributed by atoms with van der Waals surface area (Å²) in [5.41, 5.74) is 0.639. The van der Waals surface area contributed by atoms with E-state index in [-0.39, 0.29) is 11.0 Å². The quantitative estimate of drug-likeness (QED) is 0.815. The van der Waals surface area contributed by atoms with E-state index >= 15 is 0 Å². The number of imidazole rings is 1. The maximum absolute atomic E-state index is 11.7. The van der Waals surface area contributed by atoms with Crippen molar-refractivity contribution in [3.63, 3.8) is 0 Å². The highest BCUT2D eigenvalue weighted by atomic mass is 32.2. The zero-order valence-corrected chi connectivity index (χ0v) is 11.4. The number of sulfone groups is 1. The number of aromatic nitrogens is 2. The van der Waals surface area contributed by atoms with Gasteiger partial charge in [-0.3, -0.25) is 0 Å². The fourth-order valence-electron chi connectivity index (χ4n) is 1.51. The molecular formula is C11H20N2O2S.